The maximum Gasteiger partial charge on any atom is 0.254 e. The molecule has 0 aromatic heterocycles. The SMILES string of the molecule is CCOc1ccc(C(=O)N2CCCC2CBr)cc1. The van der Waals surface area contributed by atoms with Gasteiger partial charge in [0.2, 0.25) is 0 Å². The van der Waals surface area contributed by atoms with Crippen molar-refractivity contribution in [3.05, 3.63) is 29.8 Å². The van der Waals surface area contributed by atoms with Crippen LogP contribution in [0, 0.1) is 0 Å². The molecular formula is C14H18BrNO2. The van der Waals surface area contributed by atoms with Crippen LogP contribution in [0.4, 0.5) is 0 Å². The number of amides is 1. The predicted molar refractivity (Wildman–Crippen MR) is 75.5 cm³/mol. The molecule has 1 saturated heterocycles. The largest absolute Gasteiger partial charge is 0.494 e. The highest BCUT2D eigenvalue weighted by Crippen LogP contribution is 2.22. The summed E-state index contributed by atoms with van der Waals surface area (Å²) in [5.41, 5.74) is 0.742. The number of carbonyl (C=O) groups excluding carboxylic acids is 1. The van der Waals surface area contributed by atoms with E-state index in [9.17, 15) is 4.79 Å². The van der Waals surface area contributed by atoms with Gasteiger partial charge < -0.3 is 9.64 Å². The second-order valence-corrected chi connectivity index (χ2v) is 5.05. The van der Waals surface area contributed by atoms with Gasteiger partial charge in [-0.15, -0.1) is 0 Å². The van der Waals surface area contributed by atoms with Gasteiger partial charge in [0.25, 0.3) is 5.91 Å². The molecule has 2 rings (SSSR count). The molecule has 0 bridgehead atoms. The van der Waals surface area contributed by atoms with Gasteiger partial charge in [0.05, 0.1) is 6.61 Å². The van der Waals surface area contributed by atoms with Crippen LogP contribution in [0.1, 0.15) is 30.1 Å². The standard InChI is InChI=1S/C14H18BrNO2/c1-2-18-13-7-5-11(6-8-13)14(17)16-9-3-4-12(16)10-15/h5-8,12H,2-4,9-10H2,1H3. The van der Waals surface area contributed by atoms with Gasteiger partial charge in [0.15, 0.2) is 0 Å². The van der Waals surface area contributed by atoms with Gasteiger partial charge >= 0.3 is 0 Å². The Morgan fingerprint density at radius 3 is 2.78 bits per heavy atom. The third-order valence-electron chi connectivity index (χ3n) is 3.23. The van der Waals surface area contributed by atoms with E-state index in [-0.39, 0.29) is 5.91 Å². The second-order valence-electron chi connectivity index (χ2n) is 4.41. The third kappa shape index (κ3) is 2.86. The van der Waals surface area contributed by atoms with Crippen LogP contribution in [0.15, 0.2) is 24.3 Å². The summed E-state index contributed by atoms with van der Waals surface area (Å²) in [6.45, 7) is 3.46. The fourth-order valence-electron chi connectivity index (χ4n) is 2.29. The van der Waals surface area contributed by atoms with E-state index >= 15 is 0 Å². The van der Waals surface area contributed by atoms with E-state index in [1.807, 2.05) is 36.1 Å². The van der Waals surface area contributed by atoms with Crippen LogP contribution in [0.2, 0.25) is 0 Å². The molecule has 1 amide bonds. The van der Waals surface area contributed by atoms with Gasteiger partial charge in [-0.1, -0.05) is 15.9 Å². The maximum atomic E-state index is 12.3. The van der Waals surface area contributed by atoms with Gasteiger partial charge in [-0.2, -0.15) is 0 Å². The first-order chi connectivity index (χ1) is 8.76. The Hall–Kier alpha value is -1.03. The Kier molecular flexibility index (Phi) is 4.64. The summed E-state index contributed by atoms with van der Waals surface area (Å²) in [4.78, 5) is 14.3. The van der Waals surface area contributed by atoms with Gasteiger partial charge in [-0.25, -0.2) is 0 Å². The number of alkyl halides is 1. The Morgan fingerprint density at radius 2 is 2.17 bits per heavy atom. The fourth-order valence-corrected chi connectivity index (χ4v) is 2.96. The molecular weight excluding hydrogens is 294 g/mol. The van der Waals surface area contributed by atoms with Crippen LogP contribution >= 0.6 is 15.9 Å². The number of ether oxygens (including phenoxy) is 1. The van der Waals surface area contributed by atoms with E-state index in [1.165, 1.54) is 0 Å². The zero-order chi connectivity index (χ0) is 13.0. The van der Waals surface area contributed by atoms with Crippen molar-refractivity contribution in [3.63, 3.8) is 0 Å². The lowest BCUT2D eigenvalue weighted by Gasteiger charge is -2.23. The first-order valence-electron chi connectivity index (χ1n) is 6.36. The molecule has 98 valence electrons. The van der Waals surface area contributed by atoms with Crippen LogP contribution in [-0.4, -0.2) is 35.3 Å². The molecule has 0 spiro atoms. The van der Waals surface area contributed by atoms with Crippen molar-refractivity contribution in [1.82, 2.24) is 4.90 Å². The number of halogens is 1. The molecule has 1 aromatic carbocycles. The van der Waals surface area contributed by atoms with Gasteiger partial charge in [0.1, 0.15) is 5.75 Å². The highest BCUT2D eigenvalue weighted by Gasteiger charge is 2.28. The molecule has 1 aliphatic heterocycles. The van der Waals surface area contributed by atoms with Crippen LogP contribution in [0.25, 0.3) is 0 Å². The summed E-state index contributed by atoms with van der Waals surface area (Å²) in [6.07, 6.45) is 2.19. The first-order valence-corrected chi connectivity index (χ1v) is 7.48. The minimum Gasteiger partial charge on any atom is -0.494 e. The monoisotopic (exact) mass is 311 g/mol. The van der Waals surface area contributed by atoms with Crippen LogP contribution < -0.4 is 4.74 Å². The van der Waals surface area contributed by atoms with Crippen LogP contribution in [0.3, 0.4) is 0 Å². The van der Waals surface area contributed by atoms with Crippen molar-refractivity contribution in [2.24, 2.45) is 0 Å². The Morgan fingerprint density at radius 1 is 1.44 bits per heavy atom. The van der Waals surface area contributed by atoms with Crippen molar-refractivity contribution in [1.29, 1.82) is 0 Å². The average Bonchev–Trinajstić information content (AvgIpc) is 2.87. The van der Waals surface area contributed by atoms with Crippen molar-refractivity contribution in [2.75, 3.05) is 18.5 Å². The van der Waals surface area contributed by atoms with Crippen molar-refractivity contribution >= 4 is 21.8 Å². The summed E-state index contributed by atoms with van der Waals surface area (Å²) in [5, 5.41) is 0.857. The number of benzene rings is 1. The highest BCUT2D eigenvalue weighted by molar-refractivity contribution is 9.09. The first kappa shape index (κ1) is 13.4. The fraction of sp³-hybridized carbons (Fsp3) is 0.500. The molecule has 1 aromatic rings. The molecule has 0 radical (unpaired) electrons. The lowest BCUT2D eigenvalue weighted by Crippen LogP contribution is -2.36. The average molecular weight is 312 g/mol. The van der Waals surface area contributed by atoms with E-state index in [4.69, 9.17) is 4.74 Å². The number of hydrogen-bond donors (Lipinski definition) is 0. The molecule has 3 nitrogen and oxygen atoms in total. The lowest BCUT2D eigenvalue weighted by molar-refractivity contribution is 0.0750. The molecule has 1 fully saturated rings. The molecule has 1 atom stereocenters. The third-order valence-corrected chi connectivity index (χ3v) is 3.98. The summed E-state index contributed by atoms with van der Waals surface area (Å²) in [6, 6.07) is 7.74. The normalized spacial score (nSPS) is 19.0. The van der Waals surface area contributed by atoms with Crippen LogP contribution in [-0.2, 0) is 0 Å². The van der Waals surface area contributed by atoms with Gasteiger partial charge in [0, 0.05) is 23.5 Å². The van der Waals surface area contributed by atoms with Gasteiger partial charge in [-0.05, 0) is 44.0 Å². The Labute approximate surface area is 116 Å². The predicted octanol–water partition coefficient (Wildman–Crippen LogP) is 3.08. The lowest BCUT2D eigenvalue weighted by atomic mass is 10.1. The smallest absolute Gasteiger partial charge is 0.254 e. The minimum atomic E-state index is 0.125. The van der Waals surface area contributed by atoms with E-state index in [0.717, 1.165) is 36.0 Å². The van der Waals surface area contributed by atoms with Gasteiger partial charge in [-0.3, -0.25) is 4.79 Å². The van der Waals surface area contributed by atoms with E-state index in [0.29, 0.717) is 12.6 Å². The van der Waals surface area contributed by atoms with E-state index in [1.54, 1.807) is 0 Å². The molecule has 0 N–H and O–H groups in total. The van der Waals surface area contributed by atoms with Crippen molar-refractivity contribution < 1.29 is 9.53 Å². The number of rotatable bonds is 4. The summed E-state index contributed by atoms with van der Waals surface area (Å²) in [7, 11) is 0. The molecule has 1 aliphatic rings. The van der Waals surface area contributed by atoms with E-state index < -0.39 is 0 Å². The number of carbonyl (C=O) groups is 1. The molecule has 0 aliphatic carbocycles. The minimum absolute atomic E-state index is 0.125. The van der Waals surface area contributed by atoms with E-state index in [2.05, 4.69) is 15.9 Å². The summed E-state index contributed by atoms with van der Waals surface area (Å²) in [5.74, 6) is 0.938. The second kappa shape index (κ2) is 6.23. The van der Waals surface area contributed by atoms with Crippen molar-refractivity contribution in [3.8, 4) is 5.75 Å². The molecule has 4 heteroatoms. The van der Waals surface area contributed by atoms with Crippen molar-refractivity contribution in [2.45, 2.75) is 25.8 Å². The molecule has 0 saturated carbocycles. The number of nitrogens with zero attached hydrogens (tertiary/aromatic N) is 1. The zero-order valence-electron chi connectivity index (χ0n) is 10.6. The molecule has 1 heterocycles. The summed E-state index contributed by atoms with van der Waals surface area (Å²) >= 11 is 3.48. The molecule has 1 unspecified atom stereocenters. The number of likely N-dealkylation sites (tertiary alicyclic amines) is 1. The zero-order valence-corrected chi connectivity index (χ0v) is 12.1. The van der Waals surface area contributed by atoms with Crippen LogP contribution in [0.5, 0.6) is 5.75 Å². The summed E-state index contributed by atoms with van der Waals surface area (Å²) < 4.78 is 5.38. The highest BCUT2D eigenvalue weighted by atomic mass is 79.9. The number of hydrogen-bond acceptors (Lipinski definition) is 2. The maximum absolute atomic E-state index is 12.3. The Bertz CT molecular complexity index is 405. The Balaban J connectivity index is 2.08. The molecule has 18 heavy (non-hydrogen) atoms. The topological polar surface area (TPSA) is 29.5 Å². The quantitative estimate of drug-likeness (QED) is 0.800.